The minimum Gasteiger partial charge on any atom is -0.489 e. The van der Waals surface area contributed by atoms with Gasteiger partial charge in [-0.2, -0.15) is 0 Å². The molecule has 2 aromatic rings. The number of halogens is 2. The van der Waals surface area contributed by atoms with Gasteiger partial charge in [-0.3, -0.25) is 0 Å². The van der Waals surface area contributed by atoms with Crippen LogP contribution in [0.2, 0.25) is 0 Å². The van der Waals surface area contributed by atoms with Crippen molar-refractivity contribution in [3.8, 4) is 5.75 Å². The molecule has 1 atom stereocenters. The van der Waals surface area contributed by atoms with Gasteiger partial charge in [0.25, 0.3) is 0 Å². The lowest BCUT2D eigenvalue weighted by Gasteiger charge is -2.14. The van der Waals surface area contributed by atoms with Crippen molar-refractivity contribution in [3.05, 3.63) is 65.2 Å². The van der Waals surface area contributed by atoms with E-state index in [-0.39, 0.29) is 24.3 Å². The van der Waals surface area contributed by atoms with E-state index in [9.17, 15) is 8.78 Å². The first-order valence-electron chi connectivity index (χ1n) is 5.98. The predicted octanol–water partition coefficient (Wildman–Crippen LogP) is 3.56. The van der Waals surface area contributed by atoms with E-state index in [0.29, 0.717) is 11.3 Å². The highest BCUT2D eigenvalue weighted by atomic mass is 19.1. The number of benzene rings is 2. The van der Waals surface area contributed by atoms with E-state index in [0.717, 1.165) is 5.56 Å². The quantitative estimate of drug-likeness (QED) is 0.915. The highest BCUT2D eigenvalue weighted by Gasteiger charge is 2.09. The van der Waals surface area contributed by atoms with Crippen molar-refractivity contribution < 1.29 is 13.5 Å². The second-order valence-corrected chi connectivity index (χ2v) is 4.39. The van der Waals surface area contributed by atoms with Gasteiger partial charge >= 0.3 is 0 Å². The molecule has 19 heavy (non-hydrogen) atoms. The van der Waals surface area contributed by atoms with E-state index < -0.39 is 0 Å². The van der Waals surface area contributed by atoms with Gasteiger partial charge < -0.3 is 10.5 Å². The maximum absolute atomic E-state index is 13.2. The summed E-state index contributed by atoms with van der Waals surface area (Å²) in [5, 5.41) is 0. The van der Waals surface area contributed by atoms with Crippen molar-refractivity contribution in [1.29, 1.82) is 0 Å². The largest absolute Gasteiger partial charge is 0.489 e. The molecular formula is C15H15F2NO. The van der Waals surface area contributed by atoms with Crippen molar-refractivity contribution in [2.45, 2.75) is 19.6 Å². The van der Waals surface area contributed by atoms with Crippen molar-refractivity contribution in [2.75, 3.05) is 0 Å². The van der Waals surface area contributed by atoms with Crippen LogP contribution in [0.4, 0.5) is 8.78 Å². The average Bonchev–Trinajstić information content (AvgIpc) is 2.39. The molecule has 0 saturated carbocycles. The van der Waals surface area contributed by atoms with E-state index in [2.05, 4.69) is 0 Å². The Hall–Kier alpha value is -1.94. The van der Waals surface area contributed by atoms with Crippen LogP contribution in [0.3, 0.4) is 0 Å². The molecule has 100 valence electrons. The topological polar surface area (TPSA) is 35.2 Å². The molecule has 0 aromatic heterocycles. The predicted molar refractivity (Wildman–Crippen MR) is 69.7 cm³/mol. The molecule has 4 heteroatoms. The van der Waals surface area contributed by atoms with Gasteiger partial charge in [0.05, 0.1) is 0 Å². The van der Waals surface area contributed by atoms with Crippen molar-refractivity contribution >= 4 is 0 Å². The van der Waals surface area contributed by atoms with Gasteiger partial charge in [0.1, 0.15) is 24.0 Å². The maximum atomic E-state index is 13.2. The Balaban J connectivity index is 2.13. The first-order chi connectivity index (χ1) is 9.06. The number of ether oxygens (including phenoxy) is 1. The summed E-state index contributed by atoms with van der Waals surface area (Å²) in [6.07, 6.45) is 0. The normalized spacial score (nSPS) is 12.2. The molecule has 2 rings (SSSR count). The van der Waals surface area contributed by atoms with E-state index in [4.69, 9.17) is 10.5 Å². The third kappa shape index (κ3) is 3.51. The Morgan fingerprint density at radius 3 is 2.32 bits per heavy atom. The fourth-order valence-corrected chi connectivity index (χ4v) is 1.75. The van der Waals surface area contributed by atoms with Gasteiger partial charge in [0, 0.05) is 11.6 Å². The molecule has 0 amide bonds. The van der Waals surface area contributed by atoms with E-state index in [1.807, 2.05) is 0 Å². The standard InChI is InChI=1S/C15H15F2NO/c1-10(18)14-8-13(17)6-7-15(14)19-9-11-2-4-12(16)5-3-11/h2-8,10H,9,18H2,1H3. The van der Waals surface area contributed by atoms with Crippen LogP contribution < -0.4 is 10.5 Å². The zero-order valence-corrected chi connectivity index (χ0v) is 10.6. The minimum absolute atomic E-state index is 0.283. The Kier molecular flexibility index (Phi) is 4.12. The molecule has 0 saturated heterocycles. The molecule has 0 spiro atoms. The molecule has 1 unspecified atom stereocenters. The second kappa shape index (κ2) is 5.80. The lowest BCUT2D eigenvalue weighted by atomic mass is 10.1. The van der Waals surface area contributed by atoms with Crippen LogP contribution in [0.5, 0.6) is 5.75 Å². The molecule has 2 aromatic carbocycles. The van der Waals surface area contributed by atoms with Crippen LogP contribution in [-0.4, -0.2) is 0 Å². The molecule has 0 aliphatic carbocycles. The van der Waals surface area contributed by atoms with Crippen molar-refractivity contribution in [3.63, 3.8) is 0 Å². The van der Waals surface area contributed by atoms with E-state index >= 15 is 0 Å². The number of hydrogen-bond acceptors (Lipinski definition) is 2. The monoisotopic (exact) mass is 263 g/mol. The summed E-state index contributed by atoms with van der Waals surface area (Å²) in [7, 11) is 0. The molecule has 0 fully saturated rings. The van der Waals surface area contributed by atoms with Gasteiger partial charge in [0.2, 0.25) is 0 Å². The SMILES string of the molecule is CC(N)c1cc(F)ccc1OCc1ccc(F)cc1. The number of hydrogen-bond donors (Lipinski definition) is 1. The molecule has 0 bridgehead atoms. The van der Waals surface area contributed by atoms with Gasteiger partial charge in [-0.05, 0) is 42.8 Å². The molecular weight excluding hydrogens is 248 g/mol. The zero-order valence-electron chi connectivity index (χ0n) is 10.6. The van der Waals surface area contributed by atoms with E-state index in [1.165, 1.54) is 24.3 Å². The first-order valence-corrected chi connectivity index (χ1v) is 5.98. The van der Waals surface area contributed by atoms with Crippen LogP contribution in [-0.2, 0) is 6.61 Å². The Morgan fingerprint density at radius 2 is 1.68 bits per heavy atom. The first kappa shape index (κ1) is 13.5. The molecule has 2 N–H and O–H groups in total. The highest BCUT2D eigenvalue weighted by Crippen LogP contribution is 2.25. The van der Waals surface area contributed by atoms with Gasteiger partial charge in [0.15, 0.2) is 0 Å². The Labute approximate surface area is 110 Å². The Morgan fingerprint density at radius 1 is 1.05 bits per heavy atom. The molecule has 0 radical (unpaired) electrons. The second-order valence-electron chi connectivity index (χ2n) is 4.39. The van der Waals surface area contributed by atoms with Crippen LogP contribution in [0.25, 0.3) is 0 Å². The molecule has 2 nitrogen and oxygen atoms in total. The summed E-state index contributed by atoms with van der Waals surface area (Å²) in [6, 6.07) is 9.95. The summed E-state index contributed by atoms with van der Waals surface area (Å²) in [5.41, 5.74) is 7.22. The van der Waals surface area contributed by atoms with Crippen molar-refractivity contribution in [2.24, 2.45) is 5.73 Å². The fraction of sp³-hybridized carbons (Fsp3) is 0.200. The summed E-state index contributed by atoms with van der Waals surface area (Å²) < 4.78 is 31.5. The molecule has 0 aliphatic heterocycles. The summed E-state index contributed by atoms with van der Waals surface area (Å²) >= 11 is 0. The van der Waals surface area contributed by atoms with Crippen LogP contribution in [0, 0.1) is 11.6 Å². The minimum atomic E-state index is -0.346. The summed E-state index contributed by atoms with van der Waals surface area (Å²) in [4.78, 5) is 0. The van der Waals surface area contributed by atoms with Crippen LogP contribution in [0.1, 0.15) is 24.1 Å². The smallest absolute Gasteiger partial charge is 0.124 e. The van der Waals surface area contributed by atoms with Crippen LogP contribution >= 0.6 is 0 Å². The lowest BCUT2D eigenvalue weighted by molar-refractivity contribution is 0.300. The fourth-order valence-electron chi connectivity index (χ4n) is 1.75. The number of rotatable bonds is 4. The number of nitrogens with two attached hydrogens (primary N) is 1. The van der Waals surface area contributed by atoms with Crippen LogP contribution in [0.15, 0.2) is 42.5 Å². The summed E-state index contributed by atoms with van der Waals surface area (Å²) in [5.74, 6) is -0.0936. The van der Waals surface area contributed by atoms with E-state index in [1.54, 1.807) is 25.1 Å². The zero-order chi connectivity index (χ0) is 13.8. The van der Waals surface area contributed by atoms with Gasteiger partial charge in [-0.25, -0.2) is 8.78 Å². The maximum Gasteiger partial charge on any atom is 0.124 e. The summed E-state index contributed by atoms with van der Waals surface area (Å²) in [6.45, 7) is 2.05. The molecule has 0 aliphatic rings. The van der Waals surface area contributed by atoms with Gasteiger partial charge in [-0.1, -0.05) is 12.1 Å². The van der Waals surface area contributed by atoms with Crippen molar-refractivity contribution in [1.82, 2.24) is 0 Å². The lowest BCUT2D eigenvalue weighted by Crippen LogP contribution is -2.08. The average molecular weight is 263 g/mol. The third-order valence-corrected chi connectivity index (χ3v) is 2.77. The Bertz CT molecular complexity index is 553. The molecule has 0 heterocycles. The third-order valence-electron chi connectivity index (χ3n) is 2.77. The van der Waals surface area contributed by atoms with Gasteiger partial charge in [-0.15, -0.1) is 0 Å². The highest BCUT2D eigenvalue weighted by molar-refractivity contribution is 5.36.